The van der Waals surface area contributed by atoms with Gasteiger partial charge in [0, 0.05) is 26.2 Å². The molecule has 0 amide bonds. The Kier molecular flexibility index (Phi) is 5.15. The lowest BCUT2D eigenvalue weighted by Crippen LogP contribution is -2.50. The Bertz CT molecular complexity index is 468. The highest BCUT2D eigenvalue weighted by Crippen LogP contribution is 2.23. The Morgan fingerprint density at radius 2 is 2.10 bits per heavy atom. The summed E-state index contributed by atoms with van der Waals surface area (Å²) in [6.07, 6.45) is 0.923. The quantitative estimate of drug-likeness (QED) is 0.832. The number of nitrogens with one attached hydrogen (secondary N) is 1. The molecule has 1 N–H and O–H groups in total. The number of hydrogen-bond donors (Lipinski definition) is 1. The smallest absolute Gasteiger partial charge is 0.183 e. The van der Waals surface area contributed by atoms with Crippen molar-refractivity contribution in [2.24, 2.45) is 0 Å². The first-order valence-electron chi connectivity index (χ1n) is 7.33. The van der Waals surface area contributed by atoms with E-state index in [0.29, 0.717) is 11.3 Å². The van der Waals surface area contributed by atoms with Crippen molar-refractivity contribution < 1.29 is 9.53 Å². The van der Waals surface area contributed by atoms with Gasteiger partial charge in [-0.05, 0) is 31.0 Å². The molecule has 1 atom stereocenters. The van der Waals surface area contributed by atoms with Crippen LogP contribution in [0.25, 0.3) is 0 Å². The van der Waals surface area contributed by atoms with E-state index in [9.17, 15) is 4.79 Å². The molecule has 1 aromatic rings. The first kappa shape index (κ1) is 15.0. The molecule has 4 nitrogen and oxygen atoms in total. The first-order valence-corrected chi connectivity index (χ1v) is 7.33. The van der Waals surface area contributed by atoms with E-state index in [1.165, 1.54) is 5.56 Å². The number of Topliss-reactive ketones (excluding diaryl/α,β-unsaturated/α-hetero) is 1. The summed E-state index contributed by atoms with van der Waals surface area (Å²) < 4.78 is 5.35. The number of nitrogens with zero attached hydrogens (tertiary/aromatic N) is 1. The SMILES string of the molecule is CCc1ccc(OC)c(C(=O)C(C)N2CCNCC2)c1. The zero-order valence-electron chi connectivity index (χ0n) is 12.6. The summed E-state index contributed by atoms with van der Waals surface area (Å²) in [5, 5.41) is 3.31. The molecular weight excluding hydrogens is 252 g/mol. The second-order valence-electron chi connectivity index (χ2n) is 5.21. The normalized spacial score (nSPS) is 17.8. The molecule has 1 saturated heterocycles. The van der Waals surface area contributed by atoms with Crippen molar-refractivity contribution in [2.45, 2.75) is 26.3 Å². The first-order chi connectivity index (χ1) is 9.67. The summed E-state index contributed by atoms with van der Waals surface area (Å²) in [6.45, 7) is 7.82. The minimum atomic E-state index is -0.0990. The summed E-state index contributed by atoms with van der Waals surface area (Å²) in [4.78, 5) is 15.0. The third-order valence-electron chi connectivity index (χ3n) is 4.02. The van der Waals surface area contributed by atoms with Gasteiger partial charge in [-0.2, -0.15) is 0 Å². The van der Waals surface area contributed by atoms with Gasteiger partial charge in [-0.3, -0.25) is 9.69 Å². The van der Waals surface area contributed by atoms with Gasteiger partial charge in [-0.1, -0.05) is 13.0 Å². The van der Waals surface area contributed by atoms with Crippen molar-refractivity contribution in [3.8, 4) is 5.75 Å². The number of piperazine rings is 1. The van der Waals surface area contributed by atoms with Gasteiger partial charge in [0.2, 0.25) is 0 Å². The average molecular weight is 276 g/mol. The molecule has 0 spiro atoms. The number of benzene rings is 1. The van der Waals surface area contributed by atoms with E-state index in [4.69, 9.17) is 4.74 Å². The van der Waals surface area contributed by atoms with Gasteiger partial charge in [0.05, 0.1) is 18.7 Å². The van der Waals surface area contributed by atoms with Crippen molar-refractivity contribution in [2.75, 3.05) is 33.3 Å². The van der Waals surface area contributed by atoms with E-state index < -0.39 is 0 Å². The summed E-state index contributed by atoms with van der Waals surface area (Å²) in [7, 11) is 1.62. The molecule has 20 heavy (non-hydrogen) atoms. The van der Waals surface area contributed by atoms with Crippen LogP contribution in [0, 0.1) is 0 Å². The number of carbonyl (C=O) groups is 1. The summed E-state index contributed by atoms with van der Waals surface area (Å²) in [5.74, 6) is 0.827. The third-order valence-corrected chi connectivity index (χ3v) is 4.02. The molecule has 1 aliphatic rings. The van der Waals surface area contributed by atoms with Gasteiger partial charge in [0.1, 0.15) is 5.75 Å². The summed E-state index contributed by atoms with van der Waals surface area (Å²) in [6, 6.07) is 5.79. The van der Waals surface area contributed by atoms with Gasteiger partial charge in [-0.15, -0.1) is 0 Å². The molecule has 1 aliphatic heterocycles. The zero-order valence-corrected chi connectivity index (χ0v) is 12.6. The number of carbonyl (C=O) groups excluding carboxylic acids is 1. The number of ether oxygens (including phenoxy) is 1. The topological polar surface area (TPSA) is 41.6 Å². The minimum Gasteiger partial charge on any atom is -0.496 e. The predicted molar refractivity (Wildman–Crippen MR) is 80.6 cm³/mol. The van der Waals surface area contributed by atoms with Gasteiger partial charge >= 0.3 is 0 Å². The Morgan fingerprint density at radius 3 is 2.70 bits per heavy atom. The van der Waals surface area contributed by atoms with Crippen molar-refractivity contribution in [3.05, 3.63) is 29.3 Å². The van der Waals surface area contributed by atoms with Crippen LogP contribution >= 0.6 is 0 Å². The maximum Gasteiger partial charge on any atom is 0.183 e. The van der Waals surface area contributed by atoms with Gasteiger partial charge in [0.15, 0.2) is 5.78 Å². The van der Waals surface area contributed by atoms with Gasteiger partial charge in [-0.25, -0.2) is 0 Å². The van der Waals surface area contributed by atoms with E-state index in [1.807, 2.05) is 25.1 Å². The zero-order chi connectivity index (χ0) is 14.5. The summed E-state index contributed by atoms with van der Waals surface area (Å²) >= 11 is 0. The molecule has 0 bridgehead atoms. The van der Waals surface area contributed by atoms with Crippen molar-refractivity contribution in [3.63, 3.8) is 0 Å². The third kappa shape index (κ3) is 3.19. The Morgan fingerprint density at radius 1 is 1.40 bits per heavy atom. The van der Waals surface area contributed by atoms with Gasteiger partial charge < -0.3 is 10.1 Å². The largest absolute Gasteiger partial charge is 0.496 e. The maximum absolute atomic E-state index is 12.7. The molecule has 0 saturated carbocycles. The van der Waals surface area contributed by atoms with Crippen LogP contribution in [0.4, 0.5) is 0 Å². The molecule has 2 rings (SSSR count). The van der Waals surface area contributed by atoms with Crippen LogP contribution in [0.2, 0.25) is 0 Å². The standard InChI is InChI=1S/C16H24N2O2/c1-4-13-5-6-15(20-3)14(11-13)16(19)12(2)18-9-7-17-8-10-18/h5-6,11-12,17H,4,7-10H2,1-3H3. The molecule has 1 fully saturated rings. The fourth-order valence-corrected chi connectivity index (χ4v) is 2.63. The molecular formula is C16H24N2O2. The number of rotatable bonds is 5. The van der Waals surface area contributed by atoms with Crippen LogP contribution in [0.1, 0.15) is 29.8 Å². The fourth-order valence-electron chi connectivity index (χ4n) is 2.63. The summed E-state index contributed by atoms with van der Waals surface area (Å²) in [5.41, 5.74) is 1.87. The van der Waals surface area contributed by atoms with E-state index in [-0.39, 0.29) is 11.8 Å². The Hall–Kier alpha value is -1.39. The number of ketones is 1. The second kappa shape index (κ2) is 6.86. The van der Waals surface area contributed by atoms with Crippen LogP contribution in [0.15, 0.2) is 18.2 Å². The van der Waals surface area contributed by atoms with Crippen molar-refractivity contribution in [1.82, 2.24) is 10.2 Å². The monoisotopic (exact) mass is 276 g/mol. The van der Waals surface area contributed by atoms with Crippen molar-refractivity contribution in [1.29, 1.82) is 0 Å². The van der Waals surface area contributed by atoms with E-state index in [1.54, 1.807) is 7.11 Å². The second-order valence-corrected chi connectivity index (χ2v) is 5.21. The molecule has 1 unspecified atom stereocenters. The van der Waals surface area contributed by atoms with Crippen LogP contribution in [-0.2, 0) is 6.42 Å². The molecule has 0 aliphatic carbocycles. The van der Waals surface area contributed by atoms with Crippen LogP contribution in [0.3, 0.4) is 0 Å². The number of aryl methyl sites for hydroxylation is 1. The minimum absolute atomic E-state index is 0.0990. The van der Waals surface area contributed by atoms with E-state index >= 15 is 0 Å². The van der Waals surface area contributed by atoms with Crippen molar-refractivity contribution >= 4 is 5.78 Å². The Balaban J connectivity index is 2.22. The lowest BCUT2D eigenvalue weighted by Gasteiger charge is -2.32. The molecule has 1 heterocycles. The molecule has 0 radical (unpaired) electrons. The Labute approximate surface area is 121 Å². The molecule has 110 valence electrons. The maximum atomic E-state index is 12.7. The van der Waals surface area contributed by atoms with Crippen LogP contribution in [-0.4, -0.2) is 50.0 Å². The lowest BCUT2D eigenvalue weighted by molar-refractivity contribution is 0.0817. The van der Waals surface area contributed by atoms with Gasteiger partial charge in [0.25, 0.3) is 0 Å². The number of hydrogen-bond acceptors (Lipinski definition) is 4. The fraction of sp³-hybridized carbons (Fsp3) is 0.562. The van der Waals surface area contributed by atoms with Crippen LogP contribution in [0.5, 0.6) is 5.75 Å². The van der Waals surface area contributed by atoms with E-state index in [2.05, 4.69) is 17.1 Å². The highest BCUT2D eigenvalue weighted by molar-refractivity contribution is 6.02. The van der Waals surface area contributed by atoms with E-state index in [0.717, 1.165) is 32.6 Å². The molecule has 1 aromatic carbocycles. The predicted octanol–water partition coefficient (Wildman–Crippen LogP) is 1.73. The van der Waals surface area contributed by atoms with Crippen LogP contribution < -0.4 is 10.1 Å². The highest BCUT2D eigenvalue weighted by atomic mass is 16.5. The number of methoxy groups -OCH3 is 1. The molecule has 4 heteroatoms. The lowest BCUT2D eigenvalue weighted by atomic mass is 9.99. The highest BCUT2D eigenvalue weighted by Gasteiger charge is 2.25. The molecule has 0 aromatic heterocycles. The average Bonchev–Trinajstić information content (AvgIpc) is 2.53.